The first-order chi connectivity index (χ1) is 11.8. The molecule has 0 aliphatic carbocycles. The zero-order chi connectivity index (χ0) is 16.4. The van der Waals surface area contributed by atoms with Crippen molar-refractivity contribution < 1.29 is 9.53 Å². The summed E-state index contributed by atoms with van der Waals surface area (Å²) in [5.74, 6) is 1.39. The average Bonchev–Trinajstić information content (AvgIpc) is 3.27. The molecule has 4 rings (SSSR count). The Morgan fingerprint density at radius 1 is 1.38 bits per heavy atom. The average molecular weight is 323 g/mol. The third-order valence-corrected chi connectivity index (χ3v) is 4.73. The third kappa shape index (κ3) is 3.12. The van der Waals surface area contributed by atoms with Gasteiger partial charge in [0.25, 0.3) is 5.91 Å². The summed E-state index contributed by atoms with van der Waals surface area (Å²) >= 11 is 0. The Balaban J connectivity index is 1.49. The summed E-state index contributed by atoms with van der Waals surface area (Å²) in [4.78, 5) is 16.9. The number of carbonyl (C=O) groups is 1. The number of benzene rings is 1. The monoisotopic (exact) mass is 323 g/mol. The van der Waals surface area contributed by atoms with Crippen molar-refractivity contribution in [1.29, 1.82) is 0 Å². The lowest BCUT2D eigenvalue weighted by Crippen LogP contribution is -2.15. The van der Waals surface area contributed by atoms with Gasteiger partial charge in [0, 0.05) is 30.1 Å². The molecular formula is C19H21N3O2. The molecule has 3 heterocycles. The van der Waals surface area contributed by atoms with Crippen molar-refractivity contribution in [2.45, 2.75) is 19.3 Å². The molecule has 2 aliphatic rings. The van der Waals surface area contributed by atoms with Gasteiger partial charge in [0.05, 0.1) is 12.2 Å². The molecule has 1 unspecified atom stereocenters. The second-order valence-corrected chi connectivity index (χ2v) is 6.48. The van der Waals surface area contributed by atoms with E-state index < -0.39 is 0 Å². The maximum Gasteiger partial charge on any atom is 0.257 e. The van der Waals surface area contributed by atoms with Gasteiger partial charge < -0.3 is 15.4 Å². The van der Waals surface area contributed by atoms with Gasteiger partial charge in [-0.25, -0.2) is 0 Å². The highest BCUT2D eigenvalue weighted by molar-refractivity contribution is 6.04. The quantitative estimate of drug-likeness (QED) is 0.907. The number of nitrogens with zero attached hydrogens (tertiary/aromatic N) is 1. The molecule has 0 saturated carbocycles. The van der Waals surface area contributed by atoms with Crippen LogP contribution in [0.25, 0.3) is 0 Å². The maximum absolute atomic E-state index is 12.6. The number of pyridine rings is 1. The summed E-state index contributed by atoms with van der Waals surface area (Å²) in [6.45, 7) is 2.81. The largest absolute Gasteiger partial charge is 0.493 e. The Hall–Kier alpha value is -2.40. The van der Waals surface area contributed by atoms with Gasteiger partial charge >= 0.3 is 0 Å². The van der Waals surface area contributed by atoms with Gasteiger partial charge in [-0.15, -0.1) is 0 Å². The van der Waals surface area contributed by atoms with E-state index in [9.17, 15) is 4.79 Å². The normalized spacial score (nSPS) is 18.9. The van der Waals surface area contributed by atoms with Crippen LogP contribution < -0.4 is 15.4 Å². The highest BCUT2D eigenvalue weighted by atomic mass is 16.5. The number of hydrogen-bond donors (Lipinski definition) is 2. The molecule has 5 heteroatoms. The minimum absolute atomic E-state index is 0.116. The first kappa shape index (κ1) is 15.1. The molecule has 1 fully saturated rings. The van der Waals surface area contributed by atoms with Crippen molar-refractivity contribution in [3.63, 3.8) is 0 Å². The molecule has 0 bridgehead atoms. The summed E-state index contributed by atoms with van der Waals surface area (Å²) in [7, 11) is 0. The van der Waals surface area contributed by atoms with Crippen LogP contribution in [0.2, 0.25) is 0 Å². The highest BCUT2D eigenvalue weighted by Crippen LogP contribution is 2.31. The van der Waals surface area contributed by atoms with Gasteiger partial charge in [-0.3, -0.25) is 9.78 Å². The lowest BCUT2D eigenvalue weighted by Gasteiger charge is -2.11. The Morgan fingerprint density at radius 3 is 3.21 bits per heavy atom. The van der Waals surface area contributed by atoms with E-state index in [1.807, 2.05) is 30.5 Å². The predicted molar refractivity (Wildman–Crippen MR) is 92.5 cm³/mol. The molecule has 5 nitrogen and oxygen atoms in total. The number of hydrogen-bond acceptors (Lipinski definition) is 4. The van der Waals surface area contributed by atoms with E-state index in [2.05, 4.69) is 15.6 Å². The fourth-order valence-electron chi connectivity index (χ4n) is 3.48. The van der Waals surface area contributed by atoms with Gasteiger partial charge in [0.2, 0.25) is 0 Å². The third-order valence-electron chi connectivity index (χ3n) is 4.73. The number of fused-ring (bicyclic) bond motifs is 1. The molecule has 0 radical (unpaired) electrons. The first-order valence-corrected chi connectivity index (χ1v) is 8.50. The van der Waals surface area contributed by atoms with Crippen LogP contribution in [0.1, 0.15) is 27.9 Å². The Kier molecular flexibility index (Phi) is 4.17. The van der Waals surface area contributed by atoms with Gasteiger partial charge in [-0.2, -0.15) is 0 Å². The SMILES string of the molecule is O=C(Nc1cccc2c1CCO2)c1cncc(CC2CCNC2)c1. The van der Waals surface area contributed by atoms with E-state index in [-0.39, 0.29) is 5.91 Å². The number of anilines is 1. The predicted octanol–water partition coefficient (Wildman–Crippen LogP) is 2.42. The van der Waals surface area contributed by atoms with E-state index in [4.69, 9.17) is 4.74 Å². The Morgan fingerprint density at radius 2 is 2.33 bits per heavy atom. The van der Waals surface area contributed by atoms with Crippen LogP contribution in [0.5, 0.6) is 5.75 Å². The Labute approximate surface area is 141 Å². The smallest absolute Gasteiger partial charge is 0.257 e. The fourth-order valence-corrected chi connectivity index (χ4v) is 3.48. The molecule has 24 heavy (non-hydrogen) atoms. The second kappa shape index (κ2) is 6.61. The van der Waals surface area contributed by atoms with E-state index >= 15 is 0 Å². The minimum atomic E-state index is -0.116. The van der Waals surface area contributed by atoms with Crippen molar-refractivity contribution >= 4 is 11.6 Å². The van der Waals surface area contributed by atoms with E-state index in [1.165, 1.54) is 6.42 Å². The van der Waals surface area contributed by atoms with Crippen LogP contribution in [0.4, 0.5) is 5.69 Å². The van der Waals surface area contributed by atoms with Crippen LogP contribution in [0.3, 0.4) is 0 Å². The van der Waals surface area contributed by atoms with Crippen LogP contribution in [-0.4, -0.2) is 30.6 Å². The minimum Gasteiger partial charge on any atom is -0.493 e. The van der Waals surface area contributed by atoms with Crippen LogP contribution >= 0.6 is 0 Å². The lowest BCUT2D eigenvalue weighted by molar-refractivity contribution is 0.102. The van der Waals surface area contributed by atoms with Gasteiger partial charge in [0.1, 0.15) is 5.75 Å². The Bertz CT molecular complexity index is 754. The van der Waals surface area contributed by atoms with E-state index in [0.29, 0.717) is 18.1 Å². The molecule has 1 saturated heterocycles. The molecule has 1 atom stereocenters. The van der Waals surface area contributed by atoms with Crippen LogP contribution in [0, 0.1) is 5.92 Å². The standard InChI is InChI=1S/C19H21N3O2/c23-19(22-17-2-1-3-18-16(17)5-7-24-18)15-9-14(11-21-12-15)8-13-4-6-20-10-13/h1-3,9,11-13,20H,4-8,10H2,(H,22,23). The van der Waals surface area contributed by atoms with Crippen molar-refractivity contribution in [1.82, 2.24) is 10.3 Å². The van der Waals surface area contributed by atoms with Crippen molar-refractivity contribution in [2.24, 2.45) is 5.92 Å². The summed E-state index contributed by atoms with van der Waals surface area (Å²) < 4.78 is 5.55. The van der Waals surface area contributed by atoms with E-state index in [1.54, 1.807) is 6.20 Å². The molecule has 1 aromatic carbocycles. The molecule has 0 spiro atoms. The summed E-state index contributed by atoms with van der Waals surface area (Å²) in [5, 5.41) is 6.38. The van der Waals surface area contributed by atoms with Crippen molar-refractivity contribution in [2.75, 3.05) is 25.0 Å². The van der Waals surface area contributed by atoms with Crippen LogP contribution in [-0.2, 0) is 12.8 Å². The van der Waals surface area contributed by atoms with Crippen molar-refractivity contribution in [3.8, 4) is 5.75 Å². The molecule has 1 aromatic heterocycles. The number of aromatic nitrogens is 1. The summed E-state index contributed by atoms with van der Waals surface area (Å²) in [6, 6.07) is 7.73. The first-order valence-electron chi connectivity index (χ1n) is 8.50. The lowest BCUT2D eigenvalue weighted by atomic mass is 9.99. The molecule has 124 valence electrons. The van der Waals surface area contributed by atoms with Crippen molar-refractivity contribution in [3.05, 3.63) is 53.3 Å². The van der Waals surface area contributed by atoms with Crippen LogP contribution in [0.15, 0.2) is 36.7 Å². The van der Waals surface area contributed by atoms with Gasteiger partial charge in [-0.1, -0.05) is 6.07 Å². The van der Waals surface area contributed by atoms with E-state index in [0.717, 1.165) is 48.5 Å². The summed E-state index contributed by atoms with van der Waals surface area (Å²) in [6.07, 6.45) is 6.48. The number of rotatable bonds is 4. The molecule has 2 N–H and O–H groups in total. The number of nitrogens with one attached hydrogen (secondary N) is 2. The second-order valence-electron chi connectivity index (χ2n) is 6.48. The highest BCUT2D eigenvalue weighted by Gasteiger charge is 2.19. The number of carbonyl (C=O) groups excluding carboxylic acids is 1. The zero-order valence-corrected chi connectivity index (χ0v) is 13.5. The van der Waals surface area contributed by atoms with Gasteiger partial charge in [-0.05, 0) is 55.6 Å². The number of ether oxygens (including phenoxy) is 1. The molecule has 1 amide bonds. The fraction of sp³-hybridized carbons (Fsp3) is 0.368. The van der Waals surface area contributed by atoms with Gasteiger partial charge in [0.15, 0.2) is 0 Å². The zero-order valence-electron chi connectivity index (χ0n) is 13.5. The summed E-state index contributed by atoms with van der Waals surface area (Å²) in [5.41, 5.74) is 3.64. The topological polar surface area (TPSA) is 63.2 Å². The molecular weight excluding hydrogens is 302 g/mol. The molecule has 2 aliphatic heterocycles. The maximum atomic E-state index is 12.6. The number of amides is 1. The molecule has 2 aromatic rings.